The van der Waals surface area contributed by atoms with Gasteiger partial charge in [-0.2, -0.15) is 0 Å². The molecule has 2 N–H and O–H groups in total. The van der Waals surface area contributed by atoms with Crippen LogP contribution in [0, 0.1) is 17.3 Å². The summed E-state index contributed by atoms with van der Waals surface area (Å²) < 4.78 is 11.7. The maximum absolute atomic E-state index is 6.15. The van der Waals surface area contributed by atoms with Gasteiger partial charge in [-0.1, -0.05) is 32.9 Å². The van der Waals surface area contributed by atoms with E-state index < -0.39 is 0 Å². The highest BCUT2D eigenvalue weighted by Crippen LogP contribution is 2.34. The third kappa shape index (κ3) is 7.40. The van der Waals surface area contributed by atoms with Gasteiger partial charge in [-0.05, 0) is 49.7 Å². The van der Waals surface area contributed by atoms with E-state index in [0.29, 0.717) is 17.9 Å². The average molecular weight is 559 g/mol. The Labute approximate surface area is 211 Å². The number of aliphatic imine (C=N–C) groups is 1. The van der Waals surface area contributed by atoms with E-state index in [-0.39, 0.29) is 29.4 Å². The maximum atomic E-state index is 6.15. The summed E-state index contributed by atoms with van der Waals surface area (Å²) in [6.07, 6.45) is 3.81. The molecule has 3 atom stereocenters. The molecule has 6 nitrogen and oxygen atoms in total. The van der Waals surface area contributed by atoms with Crippen LogP contribution in [0.25, 0.3) is 0 Å². The predicted molar refractivity (Wildman–Crippen MR) is 145 cm³/mol. The van der Waals surface area contributed by atoms with Crippen molar-refractivity contribution in [2.24, 2.45) is 22.2 Å². The first-order valence-electron chi connectivity index (χ1n) is 11.9. The molecular weight excluding hydrogens is 515 g/mol. The summed E-state index contributed by atoms with van der Waals surface area (Å²) >= 11 is 0. The highest BCUT2D eigenvalue weighted by atomic mass is 127. The molecule has 2 fully saturated rings. The fourth-order valence-corrected chi connectivity index (χ4v) is 4.89. The molecule has 0 radical (unpaired) electrons. The van der Waals surface area contributed by atoms with E-state index in [1.54, 1.807) is 7.11 Å². The first-order valence-corrected chi connectivity index (χ1v) is 11.9. The molecule has 0 bridgehead atoms. The first kappa shape index (κ1) is 27.0. The molecule has 2 heterocycles. The molecular formula is C25H43IN4O2. The van der Waals surface area contributed by atoms with Crippen molar-refractivity contribution >= 4 is 35.6 Å². The fraction of sp³-hybridized carbons (Fsp3) is 0.720. The Balaban J connectivity index is 0.00000363. The highest BCUT2D eigenvalue weighted by Gasteiger charge is 2.35. The van der Waals surface area contributed by atoms with Crippen LogP contribution in [-0.2, 0) is 4.74 Å². The number of nitrogens with one attached hydrogen (secondary N) is 2. The second kappa shape index (κ2) is 12.9. The molecule has 1 aromatic carbocycles. The van der Waals surface area contributed by atoms with E-state index in [1.165, 1.54) is 12.1 Å². The minimum Gasteiger partial charge on any atom is -0.495 e. The smallest absolute Gasteiger partial charge is 0.191 e. The normalized spacial score (nSPS) is 24.1. The summed E-state index contributed by atoms with van der Waals surface area (Å²) in [6.45, 7) is 14.5. The molecule has 3 unspecified atom stereocenters. The van der Waals surface area contributed by atoms with Gasteiger partial charge < -0.3 is 25.0 Å². The molecule has 7 heteroatoms. The van der Waals surface area contributed by atoms with Crippen molar-refractivity contribution in [2.75, 3.05) is 51.3 Å². The number of methoxy groups -OCH3 is 1. The number of hydrogen-bond donors (Lipinski definition) is 2. The van der Waals surface area contributed by atoms with Crippen molar-refractivity contribution in [1.29, 1.82) is 0 Å². The Bertz CT molecular complexity index is 722. The third-order valence-electron chi connectivity index (χ3n) is 6.39. The maximum Gasteiger partial charge on any atom is 0.191 e. The van der Waals surface area contributed by atoms with Crippen LogP contribution in [0.1, 0.15) is 47.0 Å². The molecule has 0 aliphatic carbocycles. The van der Waals surface area contributed by atoms with Crippen molar-refractivity contribution in [2.45, 2.75) is 53.1 Å². The van der Waals surface area contributed by atoms with Crippen molar-refractivity contribution < 1.29 is 9.47 Å². The lowest BCUT2D eigenvalue weighted by Gasteiger charge is -2.40. The van der Waals surface area contributed by atoms with Crippen LogP contribution in [0.4, 0.5) is 5.69 Å². The minimum absolute atomic E-state index is 0. The quantitative estimate of drug-likeness (QED) is 0.293. The lowest BCUT2D eigenvalue weighted by atomic mass is 9.78. The van der Waals surface area contributed by atoms with Gasteiger partial charge in [0.1, 0.15) is 5.75 Å². The number of halogens is 1. The lowest BCUT2D eigenvalue weighted by molar-refractivity contribution is -0.0835. The van der Waals surface area contributed by atoms with Crippen LogP contribution in [0.3, 0.4) is 0 Å². The van der Waals surface area contributed by atoms with E-state index >= 15 is 0 Å². The average Bonchev–Trinajstić information content (AvgIpc) is 3.24. The van der Waals surface area contributed by atoms with E-state index in [4.69, 9.17) is 14.5 Å². The Hall–Kier alpha value is -1.22. The highest BCUT2D eigenvalue weighted by molar-refractivity contribution is 14.0. The van der Waals surface area contributed by atoms with Gasteiger partial charge in [0.2, 0.25) is 0 Å². The predicted octanol–water partition coefficient (Wildman–Crippen LogP) is 4.54. The largest absolute Gasteiger partial charge is 0.495 e. The molecule has 1 aromatic rings. The lowest BCUT2D eigenvalue weighted by Crippen LogP contribution is -2.47. The van der Waals surface area contributed by atoms with Crippen LogP contribution in [0.5, 0.6) is 5.75 Å². The van der Waals surface area contributed by atoms with Crippen molar-refractivity contribution in [1.82, 2.24) is 10.6 Å². The first-order chi connectivity index (χ1) is 14.9. The molecule has 32 heavy (non-hydrogen) atoms. The molecule has 2 aliphatic rings. The van der Waals surface area contributed by atoms with Gasteiger partial charge in [0.25, 0.3) is 0 Å². The van der Waals surface area contributed by atoms with E-state index in [9.17, 15) is 0 Å². The molecule has 0 aromatic heterocycles. The number of hydrogen-bond acceptors (Lipinski definition) is 4. The van der Waals surface area contributed by atoms with E-state index in [2.05, 4.69) is 55.4 Å². The Morgan fingerprint density at radius 2 is 2.00 bits per heavy atom. The number of ether oxygens (including phenoxy) is 2. The molecule has 3 rings (SSSR count). The molecule has 182 valence electrons. The molecule has 0 spiro atoms. The fourth-order valence-electron chi connectivity index (χ4n) is 4.89. The number of para-hydroxylation sites is 2. The molecule has 2 saturated heterocycles. The van der Waals surface area contributed by atoms with Gasteiger partial charge in [-0.15, -0.1) is 24.0 Å². The molecule has 0 amide bonds. The van der Waals surface area contributed by atoms with Gasteiger partial charge in [-0.3, -0.25) is 4.99 Å². The number of guanidine groups is 1. The van der Waals surface area contributed by atoms with Crippen molar-refractivity contribution in [3.8, 4) is 5.75 Å². The number of benzene rings is 1. The van der Waals surface area contributed by atoms with Crippen molar-refractivity contribution in [3.05, 3.63) is 24.3 Å². The number of anilines is 1. The summed E-state index contributed by atoms with van der Waals surface area (Å²) in [4.78, 5) is 7.36. The number of nitrogens with zero attached hydrogens (tertiary/aromatic N) is 2. The number of rotatable bonds is 7. The van der Waals surface area contributed by atoms with Crippen LogP contribution in [0.15, 0.2) is 29.3 Å². The second-order valence-corrected chi connectivity index (χ2v) is 9.93. The van der Waals surface area contributed by atoms with E-state index in [0.717, 1.165) is 63.9 Å². The zero-order valence-corrected chi connectivity index (χ0v) is 22.9. The van der Waals surface area contributed by atoms with Gasteiger partial charge in [0.05, 0.1) is 18.9 Å². The zero-order valence-electron chi connectivity index (χ0n) is 20.5. The summed E-state index contributed by atoms with van der Waals surface area (Å²) in [6, 6.07) is 8.29. The van der Waals surface area contributed by atoms with Gasteiger partial charge in [-0.25, -0.2) is 0 Å². The van der Waals surface area contributed by atoms with Crippen molar-refractivity contribution in [3.63, 3.8) is 0 Å². The Morgan fingerprint density at radius 1 is 1.22 bits per heavy atom. The summed E-state index contributed by atoms with van der Waals surface area (Å²) in [5, 5.41) is 7.03. The van der Waals surface area contributed by atoms with Gasteiger partial charge in [0.15, 0.2) is 5.96 Å². The zero-order chi connectivity index (χ0) is 22.3. The standard InChI is InChI=1S/C25H42N4O2.HI/c1-6-26-24(28-17-20-10-9-15-31-23(20)25(2,3)4)27-16-19-13-14-29(18-19)21-11-7-8-12-22(21)30-5;/h7-8,11-12,19-20,23H,6,9-10,13-18H2,1-5H3,(H2,26,27,28);1H. The monoisotopic (exact) mass is 558 g/mol. The Kier molecular flexibility index (Phi) is 10.9. The second-order valence-electron chi connectivity index (χ2n) is 9.93. The van der Waals surface area contributed by atoms with Gasteiger partial charge in [0, 0.05) is 45.2 Å². The van der Waals surface area contributed by atoms with Crippen LogP contribution < -0.4 is 20.3 Å². The Morgan fingerprint density at radius 3 is 2.72 bits per heavy atom. The topological polar surface area (TPSA) is 58.1 Å². The van der Waals surface area contributed by atoms with Crippen LogP contribution >= 0.6 is 24.0 Å². The summed E-state index contributed by atoms with van der Waals surface area (Å²) in [5.41, 5.74) is 1.35. The minimum atomic E-state index is 0. The van der Waals surface area contributed by atoms with Crippen LogP contribution in [-0.4, -0.2) is 58.5 Å². The van der Waals surface area contributed by atoms with Gasteiger partial charge >= 0.3 is 0 Å². The van der Waals surface area contributed by atoms with Crippen LogP contribution in [0.2, 0.25) is 0 Å². The molecule has 0 saturated carbocycles. The summed E-state index contributed by atoms with van der Waals surface area (Å²) in [5.74, 6) is 2.95. The SMILES string of the molecule is CCNC(=NCC1CCN(c2ccccc2OC)C1)NCC1CCCOC1C(C)(C)C.I. The molecule has 2 aliphatic heterocycles. The third-order valence-corrected chi connectivity index (χ3v) is 6.39. The van der Waals surface area contributed by atoms with E-state index in [1.807, 2.05) is 12.1 Å². The summed E-state index contributed by atoms with van der Waals surface area (Å²) in [7, 11) is 1.74.